The summed E-state index contributed by atoms with van der Waals surface area (Å²) in [5.41, 5.74) is 1.12. The Labute approximate surface area is 137 Å². The van der Waals surface area contributed by atoms with Gasteiger partial charge in [0.15, 0.2) is 0 Å². The largest absolute Gasteiger partial charge is 0.480 e. The van der Waals surface area contributed by atoms with E-state index in [0.29, 0.717) is 16.8 Å². The fourth-order valence-electron chi connectivity index (χ4n) is 2.18. The average Bonchev–Trinajstić information content (AvgIpc) is 2.91. The van der Waals surface area contributed by atoms with Crippen LogP contribution in [0.2, 0.25) is 0 Å². The Morgan fingerprint density at radius 1 is 1.42 bits per heavy atom. The van der Waals surface area contributed by atoms with E-state index < -0.39 is 17.9 Å². The van der Waals surface area contributed by atoms with Crippen molar-refractivity contribution in [2.45, 2.75) is 26.8 Å². The summed E-state index contributed by atoms with van der Waals surface area (Å²) in [4.78, 5) is 40.1. The SMILES string of the molecule is CC(=O)NCCN(C(=O)c1cnc2onc(C)c2c1)C(C)C(=O)O. The van der Waals surface area contributed by atoms with Crippen LogP contribution in [0.5, 0.6) is 0 Å². The zero-order valence-electron chi connectivity index (χ0n) is 13.6. The highest BCUT2D eigenvalue weighted by atomic mass is 16.5. The molecule has 0 saturated heterocycles. The highest BCUT2D eigenvalue weighted by molar-refractivity contribution is 5.98. The average molecular weight is 334 g/mol. The first-order valence-electron chi connectivity index (χ1n) is 7.31. The van der Waals surface area contributed by atoms with E-state index in [-0.39, 0.29) is 24.6 Å². The van der Waals surface area contributed by atoms with Gasteiger partial charge in [-0.05, 0) is 19.9 Å². The summed E-state index contributed by atoms with van der Waals surface area (Å²) in [5.74, 6) is -1.89. The zero-order chi connectivity index (χ0) is 17.9. The van der Waals surface area contributed by atoms with Crippen LogP contribution < -0.4 is 5.32 Å². The molecule has 0 radical (unpaired) electrons. The number of nitrogens with one attached hydrogen (secondary N) is 1. The number of carboxylic acids is 1. The van der Waals surface area contributed by atoms with Gasteiger partial charge in [-0.15, -0.1) is 0 Å². The number of aryl methyl sites for hydroxylation is 1. The molecule has 0 spiro atoms. The molecule has 2 N–H and O–H groups in total. The van der Waals surface area contributed by atoms with Gasteiger partial charge in [0.05, 0.1) is 16.6 Å². The van der Waals surface area contributed by atoms with Gasteiger partial charge in [0.25, 0.3) is 11.6 Å². The molecule has 0 fully saturated rings. The lowest BCUT2D eigenvalue weighted by molar-refractivity contribution is -0.141. The number of aromatic nitrogens is 2. The van der Waals surface area contributed by atoms with Crippen molar-refractivity contribution in [3.63, 3.8) is 0 Å². The first-order valence-corrected chi connectivity index (χ1v) is 7.31. The Kier molecular flexibility index (Phi) is 5.12. The van der Waals surface area contributed by atoms with Crippen molar-refractivity contribution in [3.8, 4) is 0 Å². The maximum absolute atomic E-state index is 12.7. The van der Waals surface area contributed by atoms with Crippen molar-refractivity contribution >= 4 is 28.9 Å². The second-order valence-corrected chi connectivity index (χ2v) is 5.34. The molecular weight excluding hydrogens is 316 g/mol. The van der Waals surface area contributed by atoms with Gasteiger partial charge in [-0.1, -0.05) is 5.16 Å². The fourth-order valence-corrected chi connectivity index (χ4v) is 2.18. The summed E-state index contributed by atoms with van der Waals surface area (Å²) in [5, 5.41) is 16.1. The molecule has 0 aliphatic rings. The van der Waals surface area contributed by atoms with E-state index >= 15 is 0 Å². The van der Waals surface area contributed by atoms with E-state index in [4.69, 9.17) is 4.52 Å². The highest BCUT2D eigenvalue weighted by Gasteiger charge is 2.27. The van der Waals surface area contributed by atoms with Crippen LogP contribution in [0.3, 0.4) is 0 Å². The van der Waals surface area contributed by atoms with E-state index in [2.05, 4.69) is 15.5 Å². The van der Waals surface area contributed by atoms with Crippen molar-refractivity contribution in [2.24, 2.45) is 0 Å². The zero-order valence-corrected chi connectivity index (χ0v) is 13.6. The number of hydrogen-bond donors (Lipinski definition) is 2. The lowest BCUT2D eigenvalue weighted by Gasteiger charge is -2.26. The second-order valence-electron chi connectivity index (χ2n) is 5.34. The topological polar surface area (TPSA) is 126 Å². The molecule has 2 aromatic heterocycles. The lowest BCUT2D eigenvalue weighted by atomic mass is 10.1. The third-order valence-electron chi connectivity index (χ3n) is 3.57. The van der Waals surface area contributed by atoms with E-state index in [1.54, 1.807) is 13.0 Å². The van der Waals surface area contributed by atoms with Gasteiger partial charge in [-0.2, -0.15) is 0 Å². The molecule has 24 heavy (non-hydrogen) atoms. The Balaban J connectivity index is 2.28. The Hall–Kier alpha value is -2.97. The number of carbonyl (C=O) groups is 3. The minimum Gasteiger partial charge on any atom is -0.480 e. The molecule has 2 rings (SSSR count). The van der Waals surface area contributed by atoms with Crippen molar-refractivity contribution in [1.29, 1.82) is 0 Å². The van der Waals surface area contributed by atoms with Gasteiger partial charge < -0.3 is 19.8 Å². The number of hydrogen-bond acceptors (Lipinski definition) is 6. The molecule has 1 unspecified atom stereocenters. The molecule has 0 bridgehead atoms. The van der Waals surface area contributed by atoms with E-state index in [0.717, 1.165) is 0 Å². The summed E-state index contributed by atoms with van der Waals surface area (Å²) in [6.45, 7) is 4.69. The van der Waals surface area contributed by atoms with Crippen LogP contribution in [0.4, 0.5) is 0 Å². The molecule has 9 nitrogen and oxygen atoms in total. The van der Waals surface area contributed by atoms with Crippen LogP contribution >= 0.6 is 0 Å². The molecule has 0 aliphatic heterocycles. The molecule has 2 aromatic rings. The van der Waals surface area contributed by atoms with Crippen LogP contribution in [-0.4, -0.2) is 57.1 Å². The number of nitrogens with zero attached hydrogens (tertiary/aromatic N) is 3. The summed E-state index contributed by atoms with van der Waals surface area (Å²) in [6.07, 6.45) is 1.31. The van der Waals surface area contributed by atoms with Crippen LogP contribution in [0, 0.1) is 6.92 Å². The number of aliphatic carboxylic acids is 1. The van der Waals surface area contributed by atoms with Crippen molar-refractivity contribution in [3.05, 3.63) is 23.5 Å². The quantitative estimate of drug-likeness (QED) is 0.791. The standard InChI is InChI=1S/C15H18N4O5/c1-8-12-6-11(7-17-13(12)24-18-8)14(21)19(9(2)15(22)23)5-4-16-10(3)20/h6-7,9H,4-5H2,1-3H3,(H,16,20)(H,22,23). The first-order chi connectivity index (χ1) is 11.3. The fraction of sp³-hybridized carbons (Fsp3) is 0.400. The van der Waals surface area contributed by atoms with Gasteiger partial charge in [-0.3, -0.25) is 9.59 Å². The van der Waals surface area contributed by atoms with Gasteiger partial charge in [0.1, 0.15) is 6.04 Å². The van der Waals surface area contributed by atoms with E-state index in [9.17, 15) is 19.5 Å². The molecule has 9 heteroatoms. The molecular formula is C15H18N4O5. The van der Waals surface area contributed by atoms with Crippen molar-refractivity contribution in [1.82, 2.24) is 20.4 Å². The molecule has 0 aromatic carbocycles. The summed E-state index contributed by atoms with van der Waals surface area (Å²) in [6, 6.07) is 0.516. The second kappa shape index (κ2) is 7.07. The van der Waals surface area contributed by atoms with Gasteiger partial charge in [0.2, 0.25) is 5.91 Å². The molecule has 128 valence electrons. The van der Waals surface area contributed by atoms with Crippen LogP contribution in [0.1, 0.15) is 29.9 Å². The summed E-state index contributed by atoms with van der Waals surface area (Å²) >= 11 is 0. The van der Waals surface area contributed by atoms with Gasteiger partial charge >= 0.3 is 5.97 Å². The Bertz CT molecular complexity index is 785. The molecule has 2 heterocycles. The first kappa shape index (κ1) is 17.4. The predicted molar refractivity (Wildman–Crippen MR) is 83.4 cm³/mol. The van der Waals surface area contributed by atoms with Crippen molar-refractivity contribution in [2.75, 3.05) is 13.1 Å². The number of pyridine rings is 1. The normalized spacial score (nSPS) is 12.0. The number of fused-ring (bicyclic) bond motifs is 1. The summed E-state index contributed by atoms with van der Waals surface area (Å²) in [7, 11) is 0. The van der Waals surface area contributed by atoms with Gasteiger partial charge in [0, 0.05) is 26.2 Å². The minimum absolute atomic E-state index is 0.0620. The molecule has 2 amide bonds. The van der Waals surface area contributed by atoms with Gasteiger partial charge in [-0.25, -0.2) is 9.78 Å². The van der Waals surface area contributed by atoms with E-state index in [1.165, 1.54) is 24.9 Å². The van der Waals surface area contributed by atoms with Crippen LogP contribution in [0.25, 0.3) is 11.1 Å². The molecule has 1 atom stereocenters. The van der Waals surface area contributed by atoms with E-state index in [1.807, 2.05) is 0 Å². The van der Waals surface area contributed by atoms with Crippen molar-refractivity contribution < 1.29 is 24.0 Å². The van der Waals surface area contributed by atoms with Crippen LogP contribution in [0.15, 0.2) is 16.8 Å². The third-order valence-corrected chi connectivity index (χ3v) is 3.57. The Morgan fingerprint density at radius 2 is 2.12 bits per heavy atom. The predicted octanol–water partition coefficient (Wildman–Crippen LogP) is 0.583. The minimum atomic E-state index is -1.14. The number of carboxylic acid groups (broad SMARTS) is 1. The monoisotopic (exact) mass is 334 g/mol. The maximum Gasteiger partial charge on any atom is 0.326 e. The maximum atomic E-state index is 12.7. The lowest BCUT2D eigenvalue weighted by Crippen LogP contribution is -2.46. The number of carbonyl (C=O) groups excluding carboxylic acids is 2. The Morgan fingerprint density at radius 3 is 2.75 bits per heavy atom. The third kappa shape index (κ3) is 3.67. The number of amides is 2. The smallest absolute Gasteiger partial charge is 0.326 e. The highest BCUT2D eigenvalue weighted by Crippen LogP contribution is 2.18. The molecule has 0 aliphatic carbocycles. The molecule has 0 saturated carbocycles. The summed E-state index contributed by atoms with van der Waals surface area (Å²) < 4.78 is 4.99. The van der Waals surface area contributed by atoms with Crippen LogP contribution in [-0.2, 0) is 9.59 Å². The number of rotatable bonds is 6.